The minimum atomic E-state index is -0.764. The summed E-state index contributed by atoms with van der Waals surface area (Å²) in [5.41, 5.74) is 5.08. The molecule has 0 aliphatic carbocycles. The largest absolute Gasteiger partial charge is 0.508 e. The maximum Gasteiger partial charge on any atom is 0.119 e. The van der Waals surface area contributed by atoms with E-state index in [1.54, 1.807) is 12.1 Å². The summed E-state index contributed by atoms with van der Waals surface area (Å²) in [5, 5.41) is 9.73. The minimum absolute atomic E-state index is 0.261. The summed E-state index contributed by atoms with van der Waals surface area (Å²) >= 11 is 7.30. The second-order valence-electron chi connectivity index (χ2n) is 6.52. The van der Waals surface area contributed by atoms with Gasteiger partial charge >= 0.3 is 0 Å². The van der Waals surface area contributed by atoms with Crippen LogP contribution >= 0.6 is 11.6 Å². The highest BCUT2D eigenvalue weighted by molar-refractivity contribution is 6.28. The van der Waals surface area contributed by atoms with Crippen molar-refractivity contribution in [1.29, 1.82) is 0 Å². The average molecular weight is 371 g/mol. The first-order chi connectivity index (χ1) is 13.2. The second kappa shape index (κ2) is 7.30. The molecule has 1 nitrogen and oxygen atoms in total. The van der Waals surface area contributed by atoms with Crippen molar-refractivity contribution in [1.82, 2.24) is 0 Å². The Balaban J connectivity index is 1.82. The van der Waals surface area contributed by atoms with Crippen LogP contribution in [0.15, 0.2) is 109 Å². The molecule has 0 spiro atoms. The van der Waals surface area contributed by atoms with Gasteiger partial charge in [0.25, 0.3) is 0 Å². The van der Waals surface area contributed by atoms with Gasteiger partial charge in [0.15, 0.2) is 0 Å². The van der Waals surface area contributed by atoms with Gasteiger partial charge in [0.05, 0.1) is 0 Å². The van der Waals surface area contributed by atoms with Crippen LogP contribution in [0.3, 0.4) is 0 Å². The summed E-state index contributed by atoms with van der Waals surface area (Å²) in [5.74, 6) is 0.261. The van der Waals surface area contributed by atoms with Gasteiger partial charge in [-0.25, -0.2) is 0 Å². The van der Waals surface area contributed by atoms with Crippen molar-refractivity contribution in [3.05, 3.63) is 126 Å². The van der Waals surface area contributed by atoms with Crippen LogP contribution in [0.5, 0.6) is 5.75 Å². The lowest BCUT2D eigenvalue weighted by atomic mass is 9.83. The number of halogens is 1. The number of benzene rings is 4. The number of rotatable bonds is 4. The van der Waals surface area contributed by atoms with E-state index in [0.717, 1.165) is 27.8 Å². The third-order valence-corrected chi connectivity index (χ3v) is 5.46. The van der Waals surface area contributed by atoms with Crippen LogP contribution in [0, 0.1) is 0 Å². The monoisotopic (exact) mass is 370 g/mol. The van der Waals surface area contributed by atoms with Gasteiger partial charge in [-0.3, -0.25) is 0 Å². The summed E-state index contributed by atoms with van der Waals surface area (Å²) in [4.78, 5) is -0.764. The molecule has 1 N–H and O–H groups in total. The molecule has 0 saturated heterocycles. The maximum absolute atomic E-state index is 9.73. The molecule has 0 aliphatic rings. The number of phenols is 1. The summed E-state index contributed by atoms with van der Waals surface area (Å²) in [6, 6.07) is 35.8. The minimum Gasteiger partial charge on any atom is -0.508 e. The Bertz CT molecular complexity index is 985. The van der Waals surface area contributed by atoms with E-state index in [0.29, 0.717) is 0 Å². The maximum atomic E-state index is 9.73. The van der Waals surface area contributed by atoms with Crippen LogP contribution in [0.25, 0.3) is 11.1 Å². The van der Waals surface area contributed by atoms with Gasteiger partial charge in [0.2, 0.25) is 0 Å². The smallest absolute Gasteiger partial charge is 0.119 e. The molecular formula is C25H19ClO. The van der Waals surface area contributed by atoms with Crippen molar-refractivity contribution in [2.45, 2.75) is 4.87 Å². The lowest BCUT2D eigenvalue weighted by Gasteiger charge is -2.29. The molecule has 0 amide bonds. The molecule has 0 bridgehead atoms. The van der Waals surface area contributed by atoms with Crippen LogP contribution in [0.4, 0.5) is 0 Å². The molecule has 27 heavy (non-hydrogen) atoms. The fourth-order valence-electron chi connectivity index (χ4n) is 3.41. The number of hydrogen-bond donors (Lipinski definition) is 1. The quantitative estimate of drug-likeness (QED) is 0.317. The predicted octanol–water partition coefficient (Wildman–Crippen LogP) is 6.59. The van der Waals surface area contributed by atoms with Gasteiger partial charge in [-0.05, 0) is 39.9 Å². The Labute approximate surface area is 164 Å². The van der Waals surface area contributed by atoms with Crippen LogP contribution < -0.4 is 0 Å². The average Bonchev–Trinajstić information content (AvgIpc) is 2.74. The zero-order chi connectivity index (χ0) is 18.7. The topological polar surface area (TPSA) is 20.2 Å². The van der Waals surface area contributed by atoms with Crippen molar-refractivity contribution in [2.24, 2.45) is 0 Å². The van der Waals surface area contributed by atoms with Gasteiger partial charge in [0.1, 0.15) is 10.6 Å². The standard InChI is InChI=1S/C25H19ClO/c26-25(21-9-3-1-4-10-21,22-11-5-2-6-12-22)23-16-14-19(15-17-23)20-8-7-13-24(27)18-20/h1-18,27H. The molecule has 0 unspecified atom stereocenters. The van der Waals surface area contributed by atoms with Gasteiger partial charge in [-0.1, -0.05) is 97.1 Å². The van der Waals surface area contributed by atoms with E-state index in [-0.39, 0.29) is 5.75 Å². The summed E-state index contributed by atoms with van der Waals surface area (Å²) in [7, 11) is 0. The molecule has 4 rings (SSSR count). The number of alkyl halides is 1. The normalized spacial score (nSPS) is 11.3. The fourth-order valence-corrected chi connectivity index (χ4v) is 3.79. The lowest BCUT2D eigenvalue weighted by molar-refractivity contribution is 0.475. The first-order valence-electron chi connectivity index (χ1n) is 8.88. The highest BCUT2D eigenvalue weighted by atomic mass is 35.5. The van der Waals surface area contributed by atoms with Crippen molar-refractivity contribution < 1.29 is 5.11 Å². The zero-order valence-corrected chi connectivity index (χ0v) is 15.5. The van der Waals surface area contributed by atoms with E-state index < -0.39 is 4.87 Å². The van der Waals surface area contributed by atoms with E-state index in [2.05, 4.69) is 36.4 Å². The molecule has 132 valence electrons. The molecule has 0 heterocycles. The van der Waals surface area contributed by atoms with Gasteiger partial charge in [-0.2, -0.15) is 0 Å². The van der Waals surface area contributed by atoms with Crippen molar-refractivity contribution in [3.8, 4) is 16.9 Å². The Morgan fingerprint density at radius 1 is 0.519 bits per heavy atom. The number of aromatic hydroxyl groups is 1. The summed E-state index contributed by atoms with van der Waals surface area (Å²) in [6.45, 7) is 0. The number of phenolic OH excluding ortho intramolecular Hbond substituents is 1. The van der Waals surface area contributed by atoms with E-state index in [4.69, 9.17) is 11.6 Å². The van der Waals surface area contributed by atoms with Crippen LogP contribution in [0.1, 0.15) is 16.7 Å². The number of hydrogen-bond acceptors (Lipinski definition) is 1. The Hall–Kier alpha value is -3.03. The second-order valence-corrected chi connectivity index (χ2v) is 7.09. The first kappa shape index (κ1) is 17.4. The molecule has 0 aromatic heterocycles. The molecule has 0 fully saturated rings. The van der Waals surface area contributed by atoms with Crippen molar-refractivity contribution in [3.63, 3.8) is 0 Å². The molecule has 4 aromatic rings. The fraction of sp³-hybridized carbons (Fsp3) is 0.0400. The van der Waals surface area contributed by atoms with Crippen LogP contribution in [-0.4, -0.2) is 5.11 Å². The third-order valence-electron chi connectivity index (χ3n) is 4.81. The first-order valence-corrected chi connectivity index (χ1v) is 9.25. The molecule has 2 heteroatoms. The van der Waals surface area contributed by atoms with Crippen LogP contribution in [-0.2, 0) is 4.87 Å². The van der Waals surface area contributed by atoms with Gasteiger partial charge in [0, 0.05) is 0 Å². The SMILES string of the molecule is Oc1cccc(-c2ccc(C(Cl)(c3ccccc3)c3ccccc3)cc2)c1. The molecule has 0 saturated carbocycles. The Morgan fingerprint density at radius 3 is 1.56 bits per heavy atom. The van der Waals surface area contributed by atoms with E-state index in [1.165, 1.54) is 0 Å². The van der Waals surface area contributed by atoms with Gasteiger partial charge in [-0.15, -0.1) is 11.6 Å². The summed E-state index contributed by atoms with van der Waals surface area (Å²) < 4.78 is 0. The molecule has 0 aliphatic heterocycles. The lowest BCUT2D eigenvalue weighted by Crippen LogP contribution is -2.22. The van der Waals surface area contributed by atoms with E-state index in [1.807, 2.05) is 60.7 Å². The Morgan fingerprint density at radius 2 is 1.04 bits per heavy atom. The molecule has 4 aromatic carbocycles. The van der Waals surface area contributed by atoms with E-state index in [9.17, 15) is 5.11 Å². The summed E-state index contributed by atoms with van der Waals surface area (Å²) in [6.07, 6.45) is 0. The van der Waals surface area contributed by atoms with Crippen molar-refractivity contribution in [2.75, 3.05) is 0 Å². The zero-order valence-electron chi connectivity index (χ0n) is 14.7. The molecule has 0 radical (unpaired) electrons. The highest BCUT2D eigenvalue weighted by Gasteiger charge is 2.33. The Kier molecular flexibility index (Phi) is 4.70. The third kappa shape index (κ3) is 3.34. The molecule has 0 atom stereocenters. The predicted molar refractivity (Wildman–Crippen MR) is 112 cm³/mol. The van der Waals surface area contributed by atoms with Crippen LogP contribution in [0.2, 0.25) is 0 Å². The van der Waals surface area contributed by atoms with E-state index >= 15 is 0 Å². The highest BCUT2D eigenvalue weighted by Crippen LogP contribution is 2.43. The molecular weight excluding hydrogens is 352 g/mol. The van der Waals surface area contributed by atoms with Crippen molar-refractivity contribution >= 4 is 11.6 Å². The van der Waals surface area contributed by atoms with Gasteiger partial charge < -0.3 is 5.11 Å².